The number of carbonyl (C=O) groups excluding carboxylic acids is 2. The number of carbonyl (C=O) groups is 2. The summed E-state index contributed by atoms with van der Waals surface area (Å²) in [5, 5.41) is 6.74. The van der Waals surface area contributed by atoms with Crippen LogP contribution in [0.2, 0.25) is 5.02 Å². The number of esters is 1. The fourth-order valence-corrected chi connectivity index (χ4v) is 2.23. The Bertz CT molecular complexity index is 752. The quantitative estimate of drug-likeness (QED) is 0.831. The molecule has 0 fully saturated rings. The SMILES string of the molecule is COc1ccc(Cl)cc1NC(=O)[C@@H](C)OC(=O)c1c(C)noc1C. The van der Waals surface area contributed by atoms with Crippen LogP contribution in [0, 0.1) is 13.8 Å². The third-order valence-corrected chi connectivity index (χ3v) is 3.55. The third kappa shape index (κ3) is 3.86. The molecule has 1 aromatic carbocycles. The summed E-state index contributed by atoms with van der Waals surface area (Å²) in [7, 11) is 1.47. The molecule has 1 N–H and O–H groups in total. The van der Waals surface area contributed by atoms with Gasteiger partial charge in [0, 0.05) is 5.02 Å². The minimum atomic E-state index is -1.03. The zero-order chi connectivity index (χ0) is 17.9. The fraction of sp³-hybridized carbons (Fsp3) is 0.312. The van der Waals surface area contributed by atoms with Crippen molar-refractivity contribution in [1.82, 2.24) is 5.16 Å². The van der Waals surface area contributed by atoms with E-state index >= 15 is 0 Å². The van der Waals surface area contributed by atoms with Gasteiger partial charge in [0.25, 0.3) is 5.91 Å². The first-order chi connectivity index (χ1) is 11.3. The summed E-state index contributed by atoms with van der Waals surface area (Å²) >= 11 is 5.91. The lowest BCUT2D eigenvalue weighted by Gasteiger charge is -2.15. The Balaban J connectivity index is 2.08. The molecule has 2 rings (SSSR count). The van der Waals surface area contributed by atoms with Crippen molar-refractivity contribution in [3.63, 3.8) is 0 Å². The van der Waals surface area contributed by atoms with Crippen molar-refractivity contribution in [2.45, 2.75) is 26.9 Å². The van der Waals surface area contributed by atoms with E-state index < -0.39 is 18.0 Å². The second-order valence-corrected chi connectivity index (χ2v) is 5.52. The van der Waals surface area contributed by atoms with Crippen LogP contribution < -0.4 is 10.1 Å². The first kappa shape index (κ1) is 17.8. The zero-order valence-electron chi connectivity index (χ0n) is 13.7. The number of halogens is 1. The predicted molar refractivity (Wildman–Crippen MR) is 87.5 cm³/mol. The third-order valence-electron chi connectivity index (χ3n) is 3.31. The number of aromatic nitrogens is 1. The molecule has 1 amide bonds. The van der Waals surface area contributed by atoms with Crippen molar-refractivity contribution < 1.29 is 23.6 Å². The number of aryl methyl sites for hydroxylation is 2. The molecule has 0 aliphatic rings. The summed E-state index contributed by atoms with van der Waals surface area (Å²) in [6.45, 7) is 4.68. The number of amides is 1. The van der Waals surface area contributed by atoms with E-state index in [9.17, 15) is 9.59 Å². The van der Waals surface area contributed by atoms with Crippen LogP contribution in [-0.2, 0) is 9.53 Å². The van der Waals surface area contributed by atoms with Crippen LogP contribution >= 0.6 is 11.6 Å². The summed E-state index contributed by atoms with van der Waals surface area (Å²) in [5.74, 6) is -0.416. The van der Waals surface area contributed by atoms with Gasteiger partial charge in [0.15, 0.2) is 6.10 Å². The van der Waals surface area contributed by atoms with E-state index in [-0.39, 0.29) is 5.56 Å². The molecule has 0 radical (unpaired) electrons. The van der Waals surface area contributed by atoms with Gasteiger partial charge in [-0.2, -0.15) is 0 Å². The summed E-state index contributed by atoms with van der Waals surface area (Å²) in [5.41, 5.74) is 1.01. The zero-order valence-corrected chi connectivity index (χ0v) is 14.4. The Morgan fingerprint density at radius 1 is 1.33 bits per heavy atom. The summed E-state index contributed by atoms with van der Waals surface area (Å²) < 4.78 is 15.2. The lowest BCUT2D eigenvalue weighted by molar-refractivity contribution is -0.123. The van der Waals surface area contributed by atoms with E-state index in [1.165, 1.54) is 14.0 Å². The van der Waals surface area contributed by atoms with E-state index in [0.717, 1.165) is 0 Å². The molecule has 2 aromatic rings. The van der Waals surface area contributed by atoms with Gasteiger partial charge in [-0.3, -0.25) is 4.79 Å². The van der Waals surface area contributed by atoms with Crippen LogP contribution in [0.15, 0.2) is 22.7 Å². The number of hydrogen-bond acceptors (Lipinski definition) is 6. The predicted octanol–water partition coefficient (Wildman–Crippen LogP) is 3.14. The van der Waals surface area contributed by atoms with Gasteiger partial charge in [0.1, 0.15) is 17.1 Å². The van der Waals surface area contributed by atoms with Gasteiger partial charge in [0.05, 0.1) is 18.5 Å². The van der Waals surface area contributed by atoms with Gasteiger partial charge in [-0.05, 0) is 39.0 Å². The molecular weight excluding hydrogens is 336 g/mol. The fourth-order valence-electron chi connectivity index (χ4n) is 2.06. The highest BCUT2D eigenvalue weighted by atomic mass is 35.5. The van der Waals surface area contributed by atoms with Crippen molar-refractivity contribution in [3.8, 4) is 5.75 Å². The maximum atomic E-state index is 12.2. The Hall–Kier alpha value is -2.54. The Morgan fingerprint density at radius 3 is 2.62 bits per heavy atom. The summed E-state index contributed by atoms with van der Waals surface area (Å²) in [6, 6.07) is 4.80. The van der Waals surface area contributed by atoms with Crippen LogP contribution in [0.5, 0.6) is 5.75 Å². The molecule has 24 heavy (non-hydrogen) atoms. The molecule has 0 unspecified atom stereocenters. The molecule has 0 aliphatic carbocycles. The second-order valence-electron chi connectivity index (χ2n) is 5.08. The van der Waals surface area contributed by atoms with E-state index in [0.29, 0.717) is 27.9 Å². The van der Waals surface area contributed by atoms with Crippen LogP contribution in [0.25, 0.3) is 0 Å². The normalized spacial score (nSPS) is 11.7. The first-order valence-corrected chi connectivity index (χ1v) is 7.49. The number of nitrogens with zero attached hydrogens (tertiary/aromatic N) is 1. The van der Waals surface area contributed by atoms with Crippen LogP contribution in [0.1, 0.15) is 28.7 Å². The molecule has 0 bridgehead atoms. The van der Waals surface area contributed by atoms with E-state index in [1.54, 1.807) is 32.0 Å². The second kappa shape index (κ2) is 7.35. The molecule has 7 nitrogen and oxygen atoms in total. The van der Waals surface area contributed by atoms with E-state index in [1.807, 2.05) is 0 Å². The van der Waals surface area contributed by atoms with Crippen molar-refractivity contribution >= 4 is 29.2 Å². The molecule has 128 valence electrons. The highest BCUT2D eigenvalue weighted by molar-refractivity contribution is 6.31. The standard InChI is InChI=1S/C16H17ClN2O5/c1-8-14(9(2)24-19-8)16(21)23-10(3)15(20)18-12-7-11(17)5-6-13(12)22-4/h5-7,10H,1-4H3,(H,18,20)/t10-/m1/s1. The molecule has 8 heteroatoms. The molecule has 0 saturated carbocycles. The highest BCUT2D eigenvalue weighted by Crippen LogP contribution is 2.28. The monoisotopic (exact) mass is 352 g/mol. The van der Waals surface area contributed by atoms with Gasteiger partial charge >= 0.3 is 5.97 Å². The molecule has 0 saturated heterocycles. The molecule has 1 aromatic heterocycles. The number of rotatable bonds is 5. The van der Waals surface area contributed by atoms with E-state index in [4.69, 9.17) is 25.6 Å². The lowest BCUT2D eigenvalue weighted by atomic mass is 10.2. The number of nitrogens with one attached hydrogen (secondary N) is 1. The highest BCUT2D eigenvalue weighted by Gasteiger charge is 2.24. The number of methoxy groups -OCH3 is 1. The summed E-state index contributed by atoms with van der Waals surface area (Å²) in [6.07, 6.45) is -1.03. The minimum Gasteiger partial charge on any atom is -0.495 e. The average Bonchev–Trinajstić information content (AvgIpc) is 2.86. The van der Waals surface area contributed by atoms with Crippen molar-refractivity contribution in [2.24, 2.45) is 0 Å². The van der Waals surface area contributed by atoms with Gasteiger partial charge in [-0.1, -0.05) is 16.8 Å². The Morgan fingerprint density at radius 2 is 2.04 bits per heavy atom. The maximum absolute atomic E-state index is 12.2. The first-order valence-electron chi connectivity index (χ1n) is 7.11. The van der Waals surface area contributed by atoms with Gasteiger partial charge < -0.3 is 19.3 Å². The van der Waals surface area contributed by atoms with Crippen molar-refractivity contribution in [3.05, 3.63) is 40.2 Å². The Kier molecular flexibility index (Phi) is 5.46. The minimum absolute atomic E-state index is 0.218. The van der Waals surface area contributed by atoms with Crippen molar-refractivity contribution in [1.29, 1.82) is 0 Å². The number of ether oxygens (including phenoxy) is 2. The van der Waals surface area contributed by atoms with Crippen LogP contribution in [0.4, 0.5) is 5.69 Å². The van der Waals surface area contributed by atoms with Gasteiger partial charge in [-0.25, -0.2) is 4.79 Å². The van der Waals surface area contributed by atoms with Crippen LogP contribution in [0.3, 0.4) is 0 Å². The number of benzene rings is 1. The molecule has 0 spiro atoms. The van der Waals surface area contributed by atoms with Gasteiger partial charge in [-0.15, -0.1) is 0 Å². The number of anilines is 1. The smallest absolute Gasteiger partial charge is 0.344 e. The van der Waals surface area contributed by atoms with Crippen LogP contribution in [-0.4, -0.2) is 30.2 Å². The molecule has 1 heterocycles. The van der Waals surface area contributed by atoms with Gasteiger partial charge in [0.2, 0.25) is 0 Å². The van der Waals surface area contributed by atoms with Crippen molar-refractivity contribution in [2.75, 3.05) is 12.4 Å². The lowest BCUT2D eigenvalue weighted by Crippen LogP contribution is -2.30. The number of hydrogen-bond donors (Lipinski definition) is 1. The topological polar surface area (TPSA) is 90.7 Å². The molecule has 0 aliphatic heterocycles. The maximum Gasteiger partial charge on any atom is 0.344 e. The largest absolute Gasteiger partial charge is 0.495 e. The average molecular weight is 353 g/mol. The summed E-state index contributed by atoms with van der Waals surface area (Å²) in [4.78, 5) is 24.4. The Labute approximate surface area is 143 Å². The molecule has 1 atom stereocenters. The molecular formula is C16H17ClN2O5. The van der Waals surface area contributed by atoms with E-state index in [2.05, 4.69) is 10.5 Å².